The molecule has 2 aromatic rings. The standard InChI is InChI=1S/C13H13ClN2O4S2/c1-15-22(19,20)12-5-3-9(21-12)7-16-13(18)8-2-4-11(17)10(14)6-8/h2-6,15,17H,7H2,1H3,(H,16,18). The van der Waals surface area contributed by atoms with Crippen molar-refractivity contribution in [2.75, 3.05) is 7.05 Å². The topological polar surface area (TPSA) is 95.5 Å². The van der Waals surface area contributed by atoms with E-state index >= 15 is 0 Å². The van der Waals surface area contributed by atoms with Crippen LogP contribution in [-0.2, 0) is 16.6 Å². The molecular formula is C13H13ClN2O4S2. The van der Waals surface area contributed by atoms with Crippen molar-refractivity contribution in [2.45, 2.75) is 10.8 Å². The van der Waals surface area contributed by atoms with Crippen LogP contribution in [0, 0.1) is 0 Å². The van der Waals surface area contributed by atoms with E-state index in [-0.39, 0.29) is 27.4 Å². The summed E-state index contributed by atoms with van der Waals surface area (Å²) < 4.78 is 25.7. The van der Waals surface area contributed by atoms with Gasteiger partial charge in [-0.3, -0.25) is 4.79 Å². The second kappa shape index (κ2) is 6.66. The summed E-state index contributed by atoms with van der Waals surface area (Å²) in [7, 11) is -2.13. The fourth-order valence-electron chi connectivity index (χ4n) is 1.62. The summed E-state index contributed by atoms with van der Waals surface area (Å²) in [6.07, 6.45) is 0. The van der Waals surface area contributed by atoms with Crippen LogP contribution in [0.3, 0.4) is 0 Å². The summed E-state index contributed by atoms with van der Waals surface area (Å²) in [6.45, 7) is 0.196. The van der Waals surface area contributed by atoms with Gasteiger partial charge in [-0.2, -0.15) is 0 Å². The highest BCUT2D eigenvalue weighted by Gasteiger charge is 2.15. The second-order valence-corrected chi connectivity index (χ2v) is 7.97. The lowest BCUT2D eigenvalue weighted by molar-refractivity contribution is 0.0951. The van der Waals surface area contributed by atoms with Crippen molar-refractivity contribution in [3.63, 3.8) is 0 Å². The third kappa shape index (κ3) is 3.77. The first-order valence-corrected chi connectivity index (χ1v) is 8.80. The Bertz CT molecular complexity index is 802. The third-order valence-electron chi connectivity index (χ3n) is 2.80. The van der Waals surface area contributed by atoms with Crippen LogP contribution in [0.5, 0.6) is 5.75 Å². The van der Waals surface area contributed by atoms with Gasteiger partial charge in [-0.1, -0.05) is 11.6 Å². The first-order chi connectivity index (χ1) is 10.3. The van der Waals surface area contributed by atoms with Gasteiger partial charge in [0.2, 0.25) is 10.0 Å². The number of nitrogens with one attached hydrogen (secondary N) is 2. The molecule has 118 valence electrons. The van der Waals surface area contributed by atoms with Crippen LogP contribution >= 0.6 is 22.9 Å². The van der Waals surface area contributed by atoms with Gasteiger partial charge in [0, 0.05) is 10.4 Å². The molecule has 0 fully saturated rings. The monoisotopic (exact) mass is 360 g/mol. The summed E-state index contributed by atoms with van der Waals surface area (Å²) in [5, 5.41) is 12.1. The van der Waals surface area contributed by atoms with E-state index in [1.54, 1.807) is 6.07 Å². The van der Waals surface area contributed by atoms with Gasteiger partial charge in [-0.15, -0.1) is 11.3 Å². The Balaban J connectivity index is 2.04. The lowest BCUT2D eigenvalue weighted by Crippen LogP contribution is -2.22. The molecule has 1 aromatic carbocycles. The van der Waals surface area contributed by atoms with Gasteiger partial charge >= 0.3 is 0 Å². The minimum atomic E-state index is -3.47. The maximum atomic E-state index is 12.0. The molecule has 1 amide bonds. The van der Waals surface area contributed by atoms with Crippen molar-refractivity contribution in [2.24, 2.45) is 0 Å². The lowest BCUT2D eigenvalue weighted by atomic mass is 10.2. The molecule has 6 nitrogen and oxygen atoms in total. The molecule has 22 heavy (non-hydrogen) atoms. The Morgan fingerprint density at radius 1 is 1.32 bits per heavy atom. The Hall–Kier alpha value is -1.61. The summed E-state index contributed by atoms with van der Waals surface area (Å²) in [5.41, 5.74) is 0.308. The average Bonchev–Trinajstić information content (AvgIpc) is 2.97. The van der Waals surface area contributed by atoms with Gasteiger partial charge in [-0.25, -0.2) is 13.1 Å². The van der Waals surface area contributed by atoms with Crippen LogP contribution in [0.15, 0.2) is 34.5 Å². The normalized spacial score (nSPS) is 11.4. The van der Waals surface area contributed by atoms with E-state index in [9.17, 15) is 18.3 Å². The zero-order valence-electron chi connectivity index (χ0n) is 11.5. The number of hydrogen-bond donors (Lipinski definition) is 3. The number of halogens is 1. The molecule has 0 aliphatic carbocycles. The number of benzene rings is 1. The van der Waals surface area contributed by atoms with E-state index in [0.29, 0.717) is 10.4 Å². The van der Waals surface area contributed by atoms with Crippen LogP contribution in [0.4, 0.5) is 0 Å². The van der Waals surface area contributed by atoms with E-state index < -0.39 is 10.0 Å². The number of rotatable bonds is 5. The van der Waals surface area contributed by atoms with Gasteiger partial charge in [0.25, 0.3) is 5.91 Å². The van der Waals surface area contributed by atoms with Crippen LogP contribution < -0.4 is 10.0 Å². The average molecular weight is 361 g/mol. The molecule has 2 rings (SSSR count). The van der Waals surface area contributed by atoms with Gasteiger partial charge in [-0.05, 0) is 37.4 Å². The zero-order chi connectivity index (χ0) is 16.3. The Kier molecular flexibility index (Phi) is 5.07. The fourth-order valence-corrected chi connectivity index (χ4v) is 3.93. The van der Waals surface area contributed by atoms with Crippen molar-refractivity contribution in [1.29, 1.82) is 0 Å². The smallest absolute Gasteiger partial charge is 0.251 e. The molecule has 0 unspecified atom stereocenters. The van der Waals surface area contributed by atoms with Crippen LogP contribution in [0.1, 0.15) is 15.2 Å². The number of carbonyl (C=O) groups excluding carboxylic acids is 1. The summed E-state index contributed by atoms with van der Waals surface area (Å²) >= 11 is 6.82. The summed E-state index contributed by atoms with van der Waals surface area (Å²) in [6, 6.07) is 7.26. The van der Waals surface area contributed by atoms with E-state index in [0.717, 1.165) is 11.3 Å². The highest BCUT2D eigenvalue weighted by Crippen LogP contribution is 2.24. The molecule has 0 aliphatic rings. The van der Waals surface area contributed by atoms with E-state index in [1.807, 2.05) is 0 Å². The number of thiophene rings is 1. The zero-order valence-corrected chi connectivity index (χ0v) is 13.8. The molecule has 0 aliphatic heterocycles. The number of phenolic OH excluding ortho intramolecular Hbond substituents is 1. The lowest BCUT2D eigenvalue weighted by Gasteiger charge is -2.05. The largest absolute Gasteiger partial charge is 0.506 e. The third-order valence-corrected chi connectivity index (χ3v) is 6.10. The first-order valence-electron chi connectivity index (χ1n) is 6.12. The number of phenols is 1. The summed E-state index contributed by atoms with van der Waals surface area (Å²) in [5.74, 6) is -0.466. The van der Waals surface area contributed by atoms with Crippen molar-refractivity contribution in [1.82, 2.24) is 10.0 Å². The first kappa shape index (κ1) is 16.8. The highest BCUT2D eigenvalue weighted by molar-refractivity contribution is 7.91. The molecular weight excluding hydrogens is 348 g/mol. The molecule has 0 bridgehead atoms. The van der Waals surface area contributed by atoms with E-state index in [4.69, 9.17) is 11.6 Å². The van der Waals surface area contributed by atoms with Crippen molar-refractivity contribution < 1.29 is 18.3 Å². The number of aromatic hydroxyl groups is 1. The second-order valence-electron chi connectivity index (χ2n) is 4.28. The molecule has 0 saturated carbocycles. The van der Waals surface area contributed by atoms with Gasteiger partial charge < -0.3 is 10.4 Å². The van der Waals surface area contributed by atoms with Gasteiger partial charge in [0.05, 0.1) is 11.6 Å². The van der Waals surface area contributed by atoms with Crippen LogP contribution in [0.2, 0.25) is 5.02 Å². The predicted molar refractivity (Wildman–Crippen MR) is 84.9 cm³/mol. The maximum absolute atomic E-state index is 12.0. The Morgan fingerprint density at radius 2 is 2.05 bits per heavy atom. The van der Waals surface area contributed by atoms with Gasteiger partial charge in [0.15, 0.2) is 0 Å². The Labute approximate surface area is 136 Å². The quantitative estimate of drug-likeness (QED) is 0.759. The van der Waals surface area contributed by atoms with Crippen molar-refractivity contribution in [3.05, 3.63) is 45.8 Å². The Morgan fingerprint density at radius 3 is 2.68 bits per heavy atom. The molecule has 0 atom stereocenters. The van der Waals surface area contributed by atoms with Crippen LogP contribution in [-0.4, -0.2) is 26.5 Å². The minimum absolute atomic E-state index is 0.0890. The predicted octanol–water partition coefficient (Wildman–Crippen LogP) is 1.95. The minimum Gasteiger partial charge on any atom is -0.506 e. The maximum Gasteiger partial charge on any atom is 0.251 e. The molecule has 0 saturated heterocycles. The molecule has 9 heteroatoms. The SMILES string of the molecule is CNS(=O)(=O)c1ccc(CNC(=O)c2ccc(O)c(Cl)c2)s1. The molecule has 0 radical (unpaired) electrons. The number of hydrogen-bond acceptors (Lipinski definition) is 5. The molecule has 1 aromatic heterocycles. The van der Waals surface area contributed by atoms with E-state index in [2.05, 4.69) is 10.0 Å². The fraction of sp³-hybridized carbons (Fsp3) is 0.154. The molecule has 1 heterocycles. The molecule has 0 spiro atoms. The summed E-state index contributed by atoms with van der Waals surface area (Å²) in [4.78, 5) is 12.7. The van der Waals surface area contributed by atoms with Crippen molar-refractivity contribution >= 4 is 38.9 Å². The van der Waals surface area contributed by atoms with E-state index in [1.165, 1.54) is 31.3 Å². The number of amides is 1. The van der Waals surface area contributed by atoms with Crippen LogP contribution in [0.25, 0.3) is 0 Å². The van der Waals surface area contributed by atoms with Crippen molar-refractivity contribution in [3.8, 4) is 5.75 Å². The molecule has 3 N–H and O–H groups in total. The highest BCUT2D eigenvalue weighted by atomic mass is 35.5. The van der Waals surface area contributed by atoms with Gasteiger partial charge in [0.1, 0.15) is 9.96 Å². The number of carbonyl (C=O) groups is 1. The number of sulfonamides is 1.